The fourth-order valence-electron chi connectivity index (χ4n) is 2.84. The molecule has 0 spiro atoms. The molecule has 1 saturated heterocycles. The van der Waals surface area contributed by atoms with E-state index in [-0.39, 0.29) is 5.91 Å². The molecule has 4 nitrogen and oxygen atoms in total. The van der Waals surface area contributed by atoms with Crippen molar-refractivity contribution < 1.29 is 4.79 Å². The third-order valence-corrected chi connectivity index (χ3v) is 4.44. The standard InChI is InChI=1S/C16H24ClN3O/c1-12-6-2-3-10-20(12)11-5-9-19-16(21)15-13(17)7-4-8-14(15)18/h4,7-8,12H,2-3,5-6,9-11,18H2,1H3,(H,19,21). The number of nitrogens with two attached hydrogens (primary N) is 1. The number of likely N-dealkylation sites (tertiary alicyclic amines) is 1. The maximum atomic E-state index is 12.1. The van der Waals surface area contributed by atoms with E-state index in [4.69, 9.17) is 17.3 Å². The SMILES string of the molecule is CC1CCCCN1CCCNC(=O)c1c(N)cccc1Cl. The first-order chi connectivity index (χ1) is 10.1. The second-order valence-electron chi connectivity index (χ2n) is 5.69. The highest BCUT2D eigenvalue weighted by atomic mass is 35.5. The summed E-state index contributed by atoms with van der Waals surface area (Å²) >= 11 is 6.03. The van der Waals surface area contributed by atoms with Gasteiger partial charge < -0.3 is 16.0 Å². The van der Waals surface area contributed by atoms with Crippen LogP contribution in [-0.4, -0.2) is 36.5 Å². The summed E-state index contributed by atoms with van der Waals surface area (Å²) in [6.07, 6.45) is 4.84. The second-order valence-corrected chi connectivity index (χ2v) is 6.10. The van der Waals surface area contributed by atoms with Crippen LogP contribution in [0.2, 0.25) is 5.02 Å². The van der Waals surface area contributed by atoms with Crippen molar-refractivity contribution in [2.75, 3.05) is 25.4 Å². The summed E-state index contributed by atoms with van der Waals surface area (Å²) in [5.74, 6) is -0.190. The number of piperidine rings is 1. The molecule has 3 N–H and O–H groups in total. The lowest BCUT2D eigenvalue weighted by Crippen LogP contribution is -2.39. The number of nitrogens with one attached hydrogen (secondary N) is 1. The number of carbonyl (C=O) groups excluding carboxylic acids is 1. The molecule has 1 aliphatic rings. The van der Waals surface area contributed by atoms with Crippen molar-refractivity contribution in [1.29, 1.82) is 0 Å². The molecule has 116 valence electrons. The van der Waals surface area contributed by atoms with Gasteiger partial charge in [-0.1, -0.05) is 24.1 Å². The average molecular weight is 310 g/mol. The first-order valence-corrected chi connectivity index (χ1v) is 8.03. The summed E-state index contributed by atoms with van der Waals surface area (Å²) in [7, 11) is 0. The van der Waals surface area contributed by atoms with E-state index in [1.807, 2.05) is 0 Å². The topological polar surface area (TPSA) is 58.4 Å². The monoisotopic (exact) mass is 309 g/mol. The summed E-state index contributed by atoms with van der Waals surface area (Å²) in [5, 5.41) is 3.31. The molecule has 1 fully saturated rings. The third kappa shape index (κ3) is 4.35. The second kappa shape index (κ2) is 7.66. The third-order valence-electron chi connectivity index (χ3n) is 4.12. The molecule has 2 rings (SSSR count). The van der Waals surface area contributed by atoms with E-state index >= 15 is 0 Å². The quantitative estimate of drug-likeness (QED) is 0.649. The van der Waals surface area contributed by atoms with E-state index in [1.54, 1.807) is 18.2 Å². The lowest BCUT2D eigenvalue weighted by molar-refractivity contribution is 0.0950. The predicted octanol–water partition coefficient (Wildman–Crippen LogP) is 2.92. The Kier molecular flexibility index (Phi) is 5.88. The molecule has 1 aromatic rings. The van der Waals surface area contributed by atoms with Crippen molar-refractivity contribution in [3.8, 4) is 0 Å². The van der Waals surface area contributed by atoms with Crippen molar-refractivity contribution in [3.05, 3.63) is 28.8 Å². The molecule has 0 aliphatic carbocycles. The number of benzene rings is 1. The van der Waals surface area contributed by atoms with Gasteiger partial charge in [-0.05, 0) is 44.9 Å². The van der Waals surface area contributed by atoms with Gasteiger partial charge >= 0.3 is 0 Å². The van der Waals surface area contributed by atoms with Crippen LogP contribution in [0.5, 0.6) is 0 Å². The van der Waals surface area contributed by atoms with E-state index in [9.17, 15) is 4.79 Å². The zero-order valence-corrected chi connectivity index (χ0v) is 13.3. The number of nitrogens with zero attached hydrogens (tertiary/aromatic N) is 1. The fraction of sp³-hybridized carbons (Fsp3) is 0.562. The number of amides is 1. The van der Waals surface area contributed by atoms with Crippen LogP contribution >= 0.6 is 11.6 Å². The minimum atomic E-state index is -0.190. The number of anilines is 1. The Hall–Kier alpha value is -1.26. The highest BCUT2D eigenvalue weighted by Gasteiger charge is 2.17. The highest BCUT2D eigenvalue weighted by molar-refractivity contribution is 6.34. The molecule has 5 heteroatoms. The molecule has 1 amide bonds. The summed E-state index contributed by atoms with van der Waals surface area (Å²) in [4.78, 5) is 14.6. The molecule has 0 saturated carbocycles. The van der Waals surface area contributed by atoms with Gasteiger partial charge in [0, 0.05) is 24.8 Å². The number of hydrogen-bond donors (Lipinski definition) is 2. The van der Waals surface area contributed by atoms with Crippen LogP contribution in [0.3, 0.4) is 0 Å². The van der Waals surface area contributed by atoms with Gasteiger partial charge in [0.15, 0.2) is 0 Å². The van der Waals surface area contributed by atoms with E-state index < -0.39 is 0 Å². The van der Waals surface area contributed by atoms with Crippen LogP contribution < -0.4 is 11.1 Å². The Bertz CT molecular complexity index is 472. The molecular formula is C16H24ClN3O. The van der Waals surface area contributed by atoms with Gasteiger partial charge in [0.2, 0.25) is 0 Å². The Balaban J connectivity index is 1.77. The molecule has 1 atom stereocenters. The molecule has 0 aromatic heterocycles. The van der Waals surface area contributed by atoms with Gasteiger partial charge in [0.1, 0.15) is 0 Å². The van der Waals surface area contributed by atoms with Crippen molar-refractivity contribution in [3.63, 3.8) is 0 Å². The summed E-state index contributed by atoms with van der Waals surface area (Å²) in [6, 6.07) is 5.78. The lowest BCUT2D eigenvalue weighted by Gasteiger charge is -2.33. The van der Waals surface area contributed by atoms with Gasteiger partial charge in [0.25, 0.3) is 5.91 Å². The largest absolute Gasteiger partial charge is 0.398 e. The van der Waals surface area contributed by atoms with Crippen LogP contribution in [-0.2, 0) is 0 Å². The lowest BCUT2D eigenvalue weighted by atomic mass is 10.0. The van der Waals surface area contributed by atoms with Crippen molar-refractivity contribution in [1.82, 2.24) is 10.2 Å². The molecular weight excluding hydrogens is 286 g/mol. The molecule has 1 unspecified atom stereocenters. The smallest absolute Gasteiger partial charge is 0.254 e. The number of halogens is 1. The molecule has 1 aromatic carbocycles. The van der Waals surface area contributed by atoms with E-state index in [1.165, 1.54) is 25.8 Å². The zero-order valence-electron chi connectivity index (χ0n) is 12.6. The first-order valence-electron chi connectivity index (χ1n) is 7.66. The summed E-state index contributed by atoms with van der Waals surface area (Å²) in [6.45, 7) is 5.13. The van der Waals surface area contributed by atoms with Crippen molar-refractivity contribution in [2.45, 2.75) is 38.6 Å². The average Bonchev–Trinajstić information content (AvgIpc) is 2.45. The molecule has 1 aliphatic heterocycles. The molecule has 21 heavy (non-hydrogen) atoms. The maximum absolute atomic E-state index is 12.1. The normalized spacial score (nSPS) is 19.4. The van der Waals surface area contributed by atoms with E-state index in [0.29, 0.717) is 28.9 Å². The van der Waals surface area contributed by atoms with Gasteiger partial charge in [-0.25, -0.2) is 0 Å². The molecule has 0 bridgehead atoms. The predicted molar refractivity (Wildman–Crippen MR) is 87.7 cm³/mol. The van der Waals surface area contributed by atoms with Gasteiger partial charge in [-0.2, -0.15) is 0 Å². The fourth-order valence-corrected chi connectivity index (χ4v) is 3.11. The minimum Gasteiger partial charge on any atom is -0.398 e. The Labute approximate surface area is 131 Å². The van der Waals surface area contributed by atoms with Crippen LogP contribution in [0, 0.1) is 0 Å². The van der Waals surface area contributed by atoms with Crippen LogP contribution in [0.1, 0.15) is 43.0 Å². The van der Waals surface area contributed by atoms with Crippen molar-refractivity contribution in [2.24, 2.45) is 0 Å². The van der Waals surface area contributed by atoms with Crippen LogP contribution in [0.4, 0.5) is 5.69 Å². The number of carbonyl (C=O) groups is 1. The Morgan fingerprint density at radius 3 is 3.00 bits per heavy atom. The Morgan fingerprint density at radius 1 is 1.48 bits per heavy atom. The van der Waals surface area contributed by atoms with E-state index in [0.717, 1.165) is 13.0 Å². The van der Waals surface area contributed by atoms with E-state index in [2.05, 4.69) is 17.1 Å². The summed E-state index contributed by atoms with van der Waals surface area (Å²) in [5.41, 5.74) is 6.61. The molecule has 0 radical (unpaired) electrons. The first kappa shape index (κ1) is 16.1. The maximum Gasteiger partial charge on any atom is 0.254 e. The summed E-state index contributed by atoms with van der Waals surface area (Å²) < 4.78 is 0. The van der Waals surface area contributed by atoms with Crippen molar-refractivity contribution >= 4 is 23.2 Å². The highest BCUT2D eigenvalue weighted by Crippen LogP contribution is 2.21. The number of rotatable bonds is 5. The van der Waals surface area contributed by atoms with Gasteiger partial charge in [-0.15, -0.1) is 0 Å². The zero-order chi connectivity index (χ0) is 15.2. The Morgan fingerprint density at radius 2 is 2.29 bits per heavy atom. The minimum absolute atomic E-state index is 0.190. The molecule has 1 heterocycles. The van der Waals surface area contributed by atoms with Gasteiger partial charge in [-0.3, -0.25) is 4.79 Å². The number of hydrogen-bond acceptors (Lipinski definition) is 3. The number of nitrogen functional groups attached to an aromatic ring is 1. The van der Waals surface area contributed by atoms with Crippen LogP contribution in [0.25, 0.3) is 0 Å². The van der Waals surface area contributed by atoms with Gasteiger partial charge in [0.05, 0.1) is 10.6 Å². The van der Waals surface area contributed by atoms with Crippen LogP contribution in [0.15, 0.2) is 18.2 Å².